The largest absolute Gasteiger partial charge is 0.391 e. The fourth-order valence-corrected chi connectivity index (χ4v) is 2.83. The first-order chi connectivity index (χ1) is 9.09. The molecule has 2 atom stereocenters. The number of hydrogen-bond acceptors (Lipinski definition) is 3. The molecule has 106 valence electrons. The molecule has 1 aromatic rings. The summed E-state index contributed by atoms with van der Waals surface area (Å²) < 4.78 is 0. The fourth-order valence-electron chi connectivity index (χ4n) is 2.83. The summed E-state index contributed by atoms with van der Waals surface area (Å²) in [7, 11) is 0. The molecule has 3 nitrogen and oxygen atoms in total. The maximum atomic E-state index is 10.1. The molecule has 0 radical (unpaired) electrons. The Labute approximate surface area is 116 Å². The van der Waals surface area contributed by atoms with Gasteiger partial charge in [-0.1, -0.05) is 38.1 Å². The van der Waals surface area contributed by atoms with Crippen LogP contribution in [-0.4, -0.2) is 42.3 Å². The minimum Gasteiger partial charge on any atom is -0.391 e. The first-order valence-electron chi connectivity index (χ1n) is 7.32. The highest BCUT2D eigenvalue weighted by molar-refractivity contribution is 5.27. The van der Waals surface area contributed by atoms with Crippen LogP contribution in [-0.2, 0) is 0 Å². The summed E-state index contributed by atoms with van der Waals surface area (Å²) in [5.74, 6) is 0.554. The molecule has 0 amide bonds. The summed E-state index contributed by atoms with van der Waals surface area (Å²) in [6, 6.07) is 8.85. The van der Waals surface area contributed by atoms with Crippen molar-refractivity contribution in [3.63, 3.8) is 0 Å². The lowest BCUT2D eigenvalue weighted by Crippen LogP contribution is -2.47. The van der Waals surface area contributed by atoms with Crippen LogP contribution in [0.15, 0.2) is 24.3 Å². The third-order valence-electron chi connectivity index (χ3n) is 3.95. The first-order valence-corrected chi connectivity index (χ1v) is 7.32. The molecule has 3 heteroatoms. The number of piperazine rings is 1. The maximum Gasteiger partial charge on any atom is 0.0708 e. The van der Waals surface area contributed by atoms with E-state index in [9.17, 15) is 5.11 Å². The molecule has 0 spiro atoms. The monoisotopic (exact) mass is 262 g/mol. The van der Waals surface area contributed by atoms with E-state index in [1.165, 1.54) is 11.1 Å². The summed E-state index contributed by atoms with van der Waals surface area (Å²) >= 11 is 0. The number of nitrogens with zero attached hydrogens (tertiary/aromatic N) is 1. The van der Waals surface area contributed by atoms with E-state index in [4.69, 9.17) is 0 Å². The Kier molecular flexibility index (Phi) is 4.97. The van der Waals surface area contributed by atoms with Crippen molar-refractivity contribution in [1.29, 1.82) is 0 Å². The Morgan fingerprint density at radius 1 is 1.00 bits per heavy atom. The zero-order valence-electron chi connectivity index (χ0n) is 12.3. The molecule has 1 aliphatic heterocycles. The Morgan fingerprint density at radius 3 is 2.00 bits per heavy atom. The Balaban J connectivity index is 2.18. The predicted molar refractivity (Wildman–Crippen MR) is 79.4 cm³/mol. The Morgan fingerprint density at radius 2 is 1.53 bits per heavy atom. The summed E-state index contributed by atoms with van der Waals surface area (Å²) in [5, 5.41) is 13.5. The highest BCUT2D eigenvalue weighted by Crippen LogP contribution is 2.26. The number of aliphatic hydroxyl groups is 1. The van der Waals surface area contributed by atoms with Gasteiger partial charge in [0, 0.05) is 26.2 Å². The van der Waals surface area contributed by atoms with Gasteiger partial charge in [-0.3, -0.25) is 4.90 Å². The van der Waals surface area contributed by atoms with E-state index >= 15 is 0 Å². The minimum absolute atomic E-state index is 0.114. The molecule has 2 unspecified atom stereocenters. The van der Waals surface area contributed by atoms with Crippen LogP contribution < -0.4 is 5.32 Å². The summed E-state index contributed by atoms with van der Waals surface area (Å²) in [4.78, 5) is 2.38. The van der Waals surface area contributed by atoms with Gasteiger partial charge in [0.05, 0.1) is 12.1 Å². The molecule has 0 saturated carbocycles. The lowest BCUT2D eigenvalue weighted by atomic mass is 9.96. The molecule has 1 heterocycles. The van der Waals surface area contributed by atoms with Gasteiger partial charge in [0.15, 0.2) is 0 Å². The van der Waals surface area contributed by atoms with Gasteiger partial charge >= 0.3 is 0 Å². The van der Waals surface area contributed by atoms with Gasteiger partial charge in [-0.05, 0) is 24.0 Å². The van der Waals surface area contributed by atoms with E-state index in [1.807, 2.05) is 6.92 Å². The van der Waals surface area contributed by atoms with Crippen molar-refractivity contribution in [2.45, 2.75) is 38.8 Å². The van der Waals surface area contributed by atoms with Crippen LogP contribution in [0.1, 0.15) is 43.9 Å². The molecule has 1 aromatic carbocycles. The number of aliphatic hydroxyl groups excluding tert-OH is 1. The van der Waals surface area contributed by atoms with Crippen molar-refractivity contribution in [2.24, 2.45) is 0 Å². The second-order valence-electron chi connectivity index (χ2n) is 5.79. The maximum absolute atomic E-state index is 10.1. The topological polar surface area (TPSA) is 35.5 Å². The molecule has 1 aliphatic rings. The smallest absolute Gasteiger partial charge is 0.0708 e. The lowest BCUT2D eigenvalue weighted by Gasteiger charge is -2.37. The van der Waals surface area contributed by atoms with Crippen LogP contribution in [0.3, 0.4) is 0 Å². The fraction of sp³-hybridized carbons (Fsp3) is 0.625. The predicted octanol–water partition coefficient (Wildman–Crippen LogP) is 2.14. The van der Waals surface area contributed by atoms with E-state index < -0.39 is 0 Å². The van der Waals surface area contributed by atoms with Crippen LogP contribution in [0.2, 0.25) is 0 Å². The van der Waals surface area contributed by atoms with Gasteiger partial charge in [-0.15, -0.1) is 0 Å². The van der Waals surface area contributed by atoms with Crippen LogP contribution in [0.25, 0.3) is 0 Å². The van der Waals surface area contributed by atoms with Crippen LogP contribution >= 0.6 is 0 Å². The van der Waals surface area contributed by atoms with Gasteiger partial charge in [-0.25, -0.2) is 0 Å². The normalized spacial score (nSPS) is 20.5. The van der Waals surface area contributed by atoms with Crippen molar-refractivity contribution in [1.82, 2.24) is 10.2 Å². The van der Waals surface area contributed by atoms with Crippen molar-refractivity contribution in [2.75, 3.05) is 26.2 Å². The lowest BCUT2D eigenvalue weighted by molar-refractivity contribution is 0.0525. The summed E-state index contributed by atoms with van der Waals surface area (Å²) in [5.41, 5.74) is 2.58. The van der Waals surface area contributed by atoms with Gasteiger partial charge in [0.1, 0.15) is 0 Å². The van der Waals surface area contributed by atoms with Gasteiger partial charge < -0.3 is 10.4 Å². The zero-order chi connectivity index (χ0) is 13.8. The summed E-state index contributed by atoms with van der Waals surface area (Å²) in [6.07, 6.45) is -0.344. The third-order valence-corrected chi connectivity index (χ3v) is 3.95. The molecule has 1 fully saturated rings. The standard InChI is InChI=1S/C16H26N2O/c1-12(2)14-4-6-15(7-5-14)16(13(3)19)18-10-8-17-9-11-18/h4-7,12-13,16-17,19H,8-11H2,1-3H3. The van der Waals surface area contributed by atoms with Crippen molar-refractivity contribution < 1.29 is 5.11 Å². The molecule has 19 heavy (non-hydrogen) atoms. The number of nitrogens with one attached hydrogen (secondary N) is 1. The average molecular weight is 262 g/mol. The quantitative estimate of drug-likeness (QED) is 0.872. The second-order valence-corrected chi connectivity index (χ2v) is 5.79. The Bertz CT molecular complexity index is 380. The number of hydrogen-bond donors (Lipinski definition) is 2. The molecular formula is C16H26N2O. The molecule has 0 aliphatic carbocycles. The van der Waals surface area contributed by atoms with Gasteiger partial charge in [0.25, 0.3) is 0 Å². The molecule has 2 N–H and O–H groups in total. The van der Waals surface area contributed by atoms with E-state index in [-0.39, 0.29) is 12.1 Å². The highest BCUT2D eigenvalue weighted by Gasteiger charge is 2.26. The van der Waals surface area contributed by atoms with Gasteiger partial charge in [-0.2, -0.15) is 0 Å². The Hall–Kier alpha value is -0.900. The van der Waals surface area contributed by atoms with Crippen LogP contribution in [0.5, 0.6) is 0 Å². The van der Waals surface area contributed by atoms with E-state index in [2.05, 4.69) is 48.3 Å². The number of rotatable bonds is 4. The highest BCUT2D eigenvalue weighted by atomic mass is 16.3. The average Bonchev–Trinajstić information content (AvgIpc) is 2.40. The molecular weight excluding hydrogens is 236 g/mol. The minimum atomic E-state index is -0.344. The molecule has 2 rings (SSSR count). The number of benzene rings is 1. The molecule has 1 saturated heterocycles. The van der Waals surface area contributed by atoms with Crippen molar-refractivity contribution >= 4 is 0 Å². The summed E-state index contributed by atoms with van der Waals surface area (Å²) in [6.45, 7) is 10.3. The van der Waals surface area contributed by atoms with E-state index in [0.717, 1.165) is 26.2 Å². The van der Waals surface area contributed by atoms with Crippen LogP contribution in [0.4, 0.5) is 0 Å². The van der Waals surface area contributed by atoms with Crippen molar-refractivity contribution in [3.05, 3.63) is 35.4 Å². The van der Waals surface area contributed by atoms with Crippen molar-refractivity contribution in [3.8, 4) is 0 Å². The first kappa shape index (κ1) is 14.5. The third kappa shape index (κ3) is 3.56. The molecule has 0 bridgehead atoms. The van der Waals surface area contributed by atoms with Gasteiger partial charge in [0.2, 0.25) is 0 Å². The SMILES string of the molecule is CC(C)c1ccc(C(C(C)O)N2CCNCC2)cc1. The molecule has 0 aromatic heterocycles. The second kappa shape index (κ2) is 6.51. The zero-order valence-corrected chi connectivity index (χ0v) is 12.3. The van der Waals surface area contributed by atoms with E-state index in [0.29, 0.717) is 5.92 Å². The van der Waals surface area contributed by atoms with Crippen LogP contribution in [0, 0.1) is 0 Å². The van der Waals surface area contributed by atoms with E-state index in [1.54, 1.807) is 0 Å².